The van der Waals surface area contributed by atoms with Crippen LogP contribution in [-0.4, -0.2) is 25.6 Å². The first kappa shape index (κ1) is 19.0. The number of amides is 1. The van der Waals surface area contributed by atoms with Crippen molar-refractivity contribution in [1.82, 2.24) is 14.8 Å². The van der Waals surface area contributed by atoms with E-state index in [1.807, 2.05) is 0 Å². The minimum Gasteiger partial charge on any atom is -0.319 e. The Kier molecular flexibility index (Phi) is 4.82. The minimum absolute atomic E-state index is 0.0517. The largest absolute Gasteiger partial charge is 0.416 e. The second kappa shape index (κ2) is 7.10. The minimum atomic E-state index is -4.53. The number of hydrogen-bond acceptors (Lipinski definition) is 5. The molecule has 0 aliphatic rings. The van der Waals surface area contributed by atoms with Gasteiger partial charge in [-0.15, -0.1) is 5.10 Å². The molecule has 0 aliphatic carbocycles. The molecule has 1 amide bonds. The van der Waals surface area contributed by atoms with Gasteiger partial charge in [-0.3, -0.25) is 14.9 Å². The monoisotopic (exact) mass is 391 g/mol. The van der Waals surface area contributed by atoms with E-state index in [0.29, 0.717) is 11.5 Å². The van der Waals surface area contributed by atoms with Gasteiger partial charge in [0.2, 0.25) is 5.82 Å². The van der Waals surface area contributed by atoms with Gasteiger partial charge in [-0.05, 0) is 37.3 Å². The predicted molar refractivity (Wildman–Crippen MR) is 92.1 cm³/mol. The fourth-order valence-electron chi connectivity index (χ4n) is 2.41. The van der Waals surface area contributed by atoms with Gasteiger partial charge in [0.25, 0.3) is 11.6 Å². The maximum Gasteiger partial charge on any atom is 0.416 e. The van der Waals surface area contributed by atoms with Crippen molar-refractivity contribution in [2.24, 2.45) is 0 Å². The molecule has 1 heterocycles. The summed E-state index contributed by atoms with van der Waals surface area (Å²) in [6.45, 7) is 1.56. The van der Waals surface area contributed by atoms with E-state index in [4.69, 9.17) is 0 Å². The van der Waals surface area contributed by atoms with Gasteiger partial charge in [0.05, 0.1) is 16.2 Å². The number of non-ortho nitro benzene ring substituents is 1. The first-order valence-corrected chi connectivity index (χ1v) is 7.82. The smallest absolute Gasteiger partial charge is 0.319 e. The van der Waals surface area contributed by atoms with Gasteiger partial charge in [0, 0.05) is 17.8 Å². The highest BCUT2D eigenvalue weighted by molar-refractivity contribution is 6.01. The van der Waals surface area contributed by atoms with Gasteiger partial charge in [-0.1, -0.05) is 6.07 Å². The van der Waals surface area contributed by atoms with Gasteiger partial charge in [0.15, 0.2) is 0 Å². The summed E-state index contributed by atoms with van der Waals surface area (Å²) in [7, 11) is 0. The molecule has 144 valence electrons. The highest BCUT2D eigenvalue weighted by Gasteiger charge is 2.30. The Labute approximate surface area is 155 Å². The lowest BCUT2D eigenvalue weighted by Crippen LogP contribution is -2.15. The number of aromatic nitrogens is 3. The fraction of sp³-hybridized carbons (Fsp3) is 0.118. The highest BCUT2D eigenvalue weighted by Crippen LogP contribution is 2.30. The number of rotatable bonds is 4. The zero-order chi connectivity index (χ0) is 20.5. The average Bonchev–Trinajstić information content (AvgIpc) is 3.03. The Morgan fingerprint density at radius 1 is 1.18 bits per heavy atom. The van der Waals surface area contributed by atoms with Crippen molar-refractivity contribution in [2.75, 3.05) is 5.32 Å². The van der Waals surface area contributed by atoms with E-state index in [2.05, 4.69) is 15.4 Å². The maximum absolute atomic E-state index is 12.8. The molecule has 0 atom stereocenters. The lowest BCUT2D eigenvalue weighted by molar-refractivity contribution is -0.384. The molecule has 11 heteroatoms. The molecule has 0 spiro atoms. The first-order chi connectivity index (χ1) is 13.1. The zero-order valence-electron chi connectivity index (χ0n) is 14.3. The van der Waals surface area contributed by atoms with Crippen LogP contribution in [0.3, 0.4) is 0 Å². The van der Waals surface area contributed by atoms with Crippen LogP contribution in [0, 0.1) is 17.0 Å². The van der Waals surface area contributed by atoms with Crippen LogP contribution in [0.4, 0.5) is 24.5 Å². The average molecular weight is 391 g/mol. The van der Waals surface area contributed by atoms with Gasteiger partial charge >= 0.3 is 6.18 Å². The molecule has 0 saturated carbocycles. The van der Waals surface area contributed by atoms with Crippen LogP contribution in [0.1, 0.15) is 22.0 Å². The first-order valence-electron chi connectivity index (χ1n) is 7.82. The quantitative estimate of drug-likeness (QED) is 0.539. The summed E-state index contributed by atoms with van der Waals surface area (Å²) >= 11 is 0. The molecule has 1 aromatic heterocycles. The molecule has 1 N–H and O–H groups in total. The molecule has 28 heavy (non-hydrogen) atoms. The molecule has 0 bridgehead atoms. The topological polar surface area (TPSA) is 103 Å². The number of nitro groups is 1. The lowest BCUT2D eigenvalue weighted by Gasteiger charge is -2.08. The molecule has 3 rings (SSSR count). The van der Waals surface area contributed by atoms with Gasteiger partial charge < -0.3 is 5.32 Å². The summed E-state index contributed by atoms with van der Waals surface area (Å²) in [6, 6.07) is 9.61. The predicted octanol–water partition coefficient (Wildman–Crippen LogP) is 3.76. The van der Waals surface area contributed by atoms with E-state index < -0.39 is 22.6 Å². The Hall–Kier alpha value is -3.76. The molecular weight excluding hydrogens is 379 g/mol. The molecule has 0 unspecified atom stereocenters. The Morgan fingerprint density at radius 2 is 1.86 bits per heavy atom. The lowest BCUT2D eigenvalue weighted by atomic mass is 10.2. The molecule has 0 aliphatic heterocycles. The van der Waals surface area contributed by atoms with Gasteiger partial charge in [-0.2, -0.15) is 13.2 Å². The van der Waals surface area contributed by atoms with Crippen LogP contribution in [-0.2, 0) is 6.18 Å². The number of benzene rings is 2. The van der Waals surface area contributed by atoms with E-state index in [1.54, 1.807) is 6.92 Å². The van der Waals surface area contributed by atoms with Gasteiger partial charge in [-0.25, -0.2) is 9.67 Å². The number of hydrogen-bond donors (Lipinski definition) is 1. The highest BCUT2D eigenvalue weighted by atomic mass is 19.4. The third-order valence-electron chi connectivity index (χ3n) is 3.72. The second-order valence-corrected chi connectivity index (χ2v) is 5.70. The van der Waals surface area contributed by atoms with E-state index in [-0.39, 0.29) is 17.2 Å². The van der Waals surface area contributed by atoms with E-state index in [1.165, 1.54) is 41.1 Å². The van der Waals surface area contributed by atoms with Crippen LogP contribution in [0.2, 0.25) is 0 Å². The normalized spacial score (nSPS) is 11.3. The number of halogens is 3. The Bertz CT molecular complexity index is 1040. The number of alkyl halides is 3. The van der Waals surface area contributed by atoms with Crippen LogP contribution >= 0.6 is 0 Å². The van der Waals surface area contributed by atoms with Crippen molar-refractivity contribution >= 4 is 17.3 Å². The van der Waals surface area contributed by atoms with Crippen molar-refractivity contribution in [2.45, 2.75) is 13.1 Å². The number of nitro benzene ring substituents is 1. The van der Waals surface area contributed by atoms with Crippen molar-refractivity contribution in [1.29, 1.82) is 0 Å². The van der Waals surface area contributed by atoms with Crippen LogP contribution in [0.5, 0.6) is 0 Å². The summed E-state index contributed by atoms with van der Waals surface area (Å²) in [5, 5.41) is 17.1. The van der Waals surface area contributed by atoms with Crippen molar-refractivity contribution < 1.29 is 22.9 Å². The summed E-state index contributed by atoms with van der Waals surface area (Å²) in [5.41, 5.74) is -0.618. The third-order valence-corrected chi connectivity index (χ3v) is 3.72. The molecule has 0 fully saturated rings. The second-order valence-electron chi connectivity index (χ2n) is 5.70. The van der Waals surface area contributed by atoms with E-state index in [0.717, 1.165) is 12.1 Å². The van der Waals surface area contributed by atoms with E-state index >= 15 is 0 Å². The van der Waals surface area contributed by atoms with E-state index in [9.17, 15) is 28.1 Å². The van der Waals surface area contributed by atoms with Gasteiger partial charge in [0.1, 0.15) is 5.82 Å². The Balaban J connectivity index is 1.82. The molecule has 3 aromatic rings. The molecule has 0 radical (unpaired) electrons. The van der Waals surface area contributed by atoms with Crippen LogP contribution in [0.15, 0.2) is 48.5 Å². The SMILES string of the molecule is Cc1nc(C(=O)Nc2cccc(C(F)(F)F)c2)nn1-c1ccc([N+](=O)[O-])cc1. The molecular formula is C17H12F3N5O3. The summed E-state index contributed by atoms with van der Waals surface area (Å²) < 4.78 is 39.6. The van der Waals surface area contributed by atoms with Crippen molar-refractivity contribution in [3.05, 3.63) is 75.9 Å². The number of nitrogens with zero attached hydrogens (tertiary/aromatic N) is 4. The summed E-state index contributed by atoms with van der Waals surface area (Å²) in [5.74, 6) is -0.723. The number of aryl methyl sites for hydroxylation is 1. The fourth-order valence-corrected chi connectivity index (χ4v) is 2.41. The van der Waals surface area contributed by atoms with Crippen LogP contribution < -0.4 is 5.32 Å². The summed E-state index contributed by atoms with van der Waals surface area (Å²) in [6.07, 6.45) is -4.53. The maximum atomic E-state index is 12.8. The van der Waals surface area contributed by atoms with Crippen molar-refractivity contribution in [3.63, 3.8) is 0 Å². The molecule has 0 saturated heterocycles. The van der Waals surface area contributed by atoms with Crippen molar-refractivity contribution in [3.8, 4) is 5.69 Å². The summed E-state index contributed by atoms with van der Waals surface area (Å²) in [4.78, 5) is 26.5. The number of anilines is 1. The third kappa shape index (κ3) is 3.98. The molecule has 8 nitrogen and oxygen atoms in total. The Morgan fingerprint density at radius 3 is 2.46 bits per heavy atom. The number of carbonyl (C=O) groups excluding carboxylic acids is 1. The van der Waals surface area contributed by atoms with Crippen LogP contribution in [0.25, 0.3) is 5.69 Å². The number of nitrogens with one attached hydrogen (secondary N) is 1. The number of carbonyl (C=O) groups is 1. The standard InChI is InChI=1S/C17H12F3N5O3/c1-10-21-15(23-24(10)13-5-7-14(8-6-13)25(27)28)16(26)22-12-4-2-3-11(9-12)17(18,19)20/h2-9H,1H3,(H,22,26). The molecule has 2 aromatic carbocycles. The zero-order valence-corrected chi connectivity index (χ0v) is 14.3.